The molecule has 3 aromatic carbocycles. The smallest absolute Gasteiger partial charge is 0.322 e. The van der Waals surface area contributed by atoms with Crippen LogP contribution in [0.4, 0.5) is 21.9 Å². The SMILES string of the molecule is NCCCC[C@@H]1NC(=O)[C@H](CCC(=O)O)NC(=O)c2cc(NC(=O)CNC(=O)CCCC3C[C@H]4NC(=O)N[C@H]4S3)ccc2OCCC(C(=O)NCC(=O)O)NC1=O.NCCCC[C@@H]1NC(=O)[C@H](CCC(=O)O)NC(=O)c2cc([N+](=O)[O-])ccc2OCCC(C(=O)NCC(=O)O)NC1=O.NCCCC[C@@H]1NC(=O)[C@H](CCC(=O)O)NC(=O)c2cc([N+](=O)[O-])ccc2SCC(C(N)=O)NC1=O. The van der Waals surface area contributed by atoms with Crippen LogP contribution in [0.1, 0.15) is 166 Å². The molecule has 134 heavy (non-hydrogen) atoms. The van der Waals surface area contributed by atoms with Gasteiger partial charge in [0.15, 0.2) is 0 Å². The van der Waals surface area contributed by atoms with Gasteiger partial charge in [0.1, 0.15) is 79.0 Å². The van der Waals surface area contributed by atoms with E-state index < -0.39 is 209 Å². The summed E-state index contributed by atoms with van der Waals surface area (Å²) in [5, 5.41) is 106. The van der Waals surface area contributed by atoms with E-state index in [0.717, 1.165) is 54.9 Å². The Morgan fingerprint density at radius 2 is 0.828 bits per heavy atom. The Kier molecular flexibility index (Phi) is 44.8. The maximum Gasteiger partial charge on any atom is 0.322 e. The van der Waals surface area contributed by atoms with Crippen molar-refractivity contribution in [3.63, 3.8) is 0 Å². The molecule has 54 heteroatoms. The first-order valence-electron chi connectivity index (χ1n) is 42.3. The Bertz CT molecular complexity index is 4800. The van der Waals surface area contributed by atoms with Crippen LogP contribution in [-0.2, 0) is 76.7 Å². The van der Waals surface area contributed by atoms with Gasteiger partial charge < -0.3 is 138 Å². The summed E-state index contributed by atoms with van der Waals surface area (Å²) in [4.78, 5) is 271. The van der Waals surface area contributed by atoms with Gasteiger partial charge in [0.25, 0.3) is 29.1 Å². The van der Waals surface area contributed by atoms with Gasteiger partial charge in [0.05, 0.1) is 57.7 Å². The Balaban J connectivity index is 0.000000319. The first-order valence-corrected chi connectivity index (χ1v) is 44.3. The second-order valence-corrected chi connectivity index (χ2v) is 33.3. The molecule has 8 rings (SSSR count). The summed E-state index contributed by atoms with van der Waals surface area (Å²) in [7, 11) is 0. The van der Waals surface area contributed by atoms with Gasteiger partial charge in [-0.15, -0.1) is 23.5 Å². The molecular formula is C80H109N21O31S2. The number of aliphatic carboxylic acids is 5. The number of unbranched alkanes of at least 4 members (excludes halogenated alkanes) is 3. The lowest BCUT2D eigenvalue weighted by molar-refractivity contribution is -0.385. The van der Waals surface area contributed by atoms with Crippen LogP contribution in [0.25, 0.3) is 0 Å². The Hall–Kier alpha value is -14.2. The van der Waals surface area contributed by atoms with E-state index in [1.165, 1.54) is 24.3 Å². The molecule has 0 aromatic heterocycles. The molecule has 52 nitrogen and oxygen atoms in total. The van der Waals surface area contributed by atoms with Crippen molar-refractivity contribution in [3.05, 3.63) is 91.5 Å². The van der Waals surface area contributed by atoms with Gasteiger partial charge in [0, 0.05) is 84.4 Å². The van der Waals surface area contributed by atoms with Crippen molar-refractivity contribution in [3.8, 4) is 11.5 Å². The van der Waals surface area contributed by atoms with E-state index in [1.54, 1.807) is 11.8 Å². The molecule has 5 heterocycles. The van der Waals surface area contributed by atoms with Crippen molar-refractivity contribution in [1.29, 1.82) is 0 Å². The fourth-order valence-corrected chi connectivity index (χ4v) is 16.2. The first kappa shape index (κ1) is 109. The van der Waals surface area contributed by atoms with E-state index >= 15 is 0 Å². The summed E-state index contributed by atoms with van der Waals surface area (Å²) in [6.45, 7) is -1.49. The molecule has 0 aliphatic carbocycles. The number of carbonyl (C=O) groups is 20. The van der Waals surface area contributed by atoms with Crippen LogP contribution in [-0.4, -0.2) is 283 Å². The van der Waals surface area contributed by atoms with Crippen molar-refractivity contribution < 1.29 is 141 Å². The normalized spacial score (nSPS) is 21.6. The van der Waals surface area contributed by atoms with Crippen molar-refractivity contribution in [2.24, 2.45) is 22.9 Å². The lowest BCUT2D eigenvalue weighted by Crippen LogP contribution is -2.57. The summed E-state index contributed by atoms with van der Waals surface area (Å²) in [6.07, 6.45) is 2.42. The molecule has 5 aliphatic rings. The second kappa shape index (κ2) is 55.2. The fourth-order valence-electron chi connectivity index (χ4n) is 13.6. The highest BCUT2D eigenvalue weighted by Gasteiger charge is 2.42. The van der Waals surface area contributed by atoms with Gasteiger partial charge in [-0.25, -0.2) is 4.79 Å². The number of anilines is 1. The minimum Gasteiger partial charge on any atom is -0.493 e. The highest BCUT2D eigenvalue weighted by atomic mass is 32.2. The number of urea groups is 1. The fraction of sp³-hybridized carbons (Fsp3) is 0.525. The zero-order valence-corrected chi connectivity index (χ0v) is 73.8. The predicted octanol–water partition coefficient (Wildman–Crippen LogP) is -3.64. The van der Waals surface area contributed by atoms with Crippen LogP contribution in [0, 0.1) is 20.2 Å². The topological polar surface area (TPSA) is 832 Å². The summed E-state index contributed by atoms with van der Waals surface area (Å²) < 4.78 is 11.4. The molecule has 28 N–H and O–H groups in total. The number of hydrogen-bond donors (Lipinski definition) is 24. The molecule has 732 valence electrons. The number of benzene rings is 3. The van der Waals surface area contributed by atoms with Crippen LogP contribution < -0.4 is 112 Å². The number of non-ortho nitro benzene ring substituents is 2. The molecule has 0 saturated carbocycles. The number of nitro benzene ring substituents is 2. The van der Waals surface area contributed by atoms with Crippen LogP contribution >= 0.6 is 23.5 Å². The van der Waals surface area contributed by atoms with E-state index in [-0.39, 0.29) is 163 Å². The number of carboxylic acids is 5. The molecule has 2 fully saturated rings. The summed E-state index contributed by atoms with van der Waals surface area (Å²) >= 11 is 2.62. The number of hydrogen-bond acceptors (Lipinski definition) is 31. The van der Waals surface area contributed by atoms with Crippen molar-refractivity contribution >= 4 is 159 Å². The number of carbonyl (C=O) groups excluding carboxylic acids is 15. The lowest BCUT2D eigenvalue weighted by atomic mass is 10.0. The number of nitrogens with zero attached hydrogens (tertiary/aromatic N) is 2. The number of amides is 16. The van der Waals surface area contributed by atoms with E-state index in [1.807, 2.05) is 0 Å². The monoisotopic (exact) mass is 1920 g/mol. The molecular weight excluding hydrogens is 1820 g/mol. The first-order chi connectivity index (χ1) is 63.7. The molecule has 4 unspecified atom stereocenters. The molecule has 0 radical (unpaired) electrons. The zero-order chi connectivity index (χ0) is 98.8. The maximum absolute atomic E-state index is 13.7. The number of primary amides is 1. The third-order valence-electron chi connectivity index (χ3n) is 20.6. The molecule has 3 aromatic rings. The highest BCUT2D eigenvalue weighted by Crippen LogP contribution is 2.38. The molecule has 5 aliphatic heterocycles. The van der Waals surface area contributed by atoms with E-state index in [0.29, 0.717) is 58.0 Å². The summed E-state index contributed by atoms with van der Waals surface area (Å²) in [6, 6.07) is -1.21. The third-order valence-corrected chi connectivity index (χ3v) is 23.3. The predicted molar refractivity (Wildman–Crippen MR) is 469 cm³/mol. The number of nitrogens with two attached hydrogens (primary N) is 4. The number of rotatable bonds is 37. The van der Waals surface area contributed by atoms with Crippen LogP contribution in [0.5, 0.6) is 11.5 Å². The number of thioether (sulfide) groups is 2. The summed E-state index contributed by atoms with van der Waals surface area (Å²) in [5.41, 5.74) is 20.7. The van der Waals surface area contributed by atoms with Crippen LogP contribution in [0.3, 0.4) is 0 Å². The van der Waals surface area contributed by atoms with Crippen molar-refractivity contribution in [2.45, 2.75) is 211 Å². The van der Waals surface area contributed by atoms with Crippen molar-refractivity contribution in [2.75, 3.05) is 63.6 Å². The van der Waals surface area contributed by atoms with E-state index in [4.69, 9.17) is 52.8 Å². The van der Waals surface area contributed by atoms with E-state index in [9.17, 15) is 121 Å². The number of ether oxygens (including phenoxy) is 2. The van der Waals surface area contributed by atoms with Gasteiger partial charge in [0.2, 0.25) is 65.0 Å². The number of carboxylic acid groups (broad SMARTS) is 5. The van der Waals surface area contributed by atoms with Gasteiger partial charge in [-0.1, -0.05) is 0 Å². The average Bonchev–Trinajstić information content (AvgIpc) is 1.48. The minimum atomic E-state index is -1.46. The molecule has 0 spiro atoms. The average molecular weight is 1930 g/mol. The third kappa shape index (κ3) is 36.9. The van der Waals surface area contributed by atoms with Crippen molar-refractivity contribution in [1.82, 2.24) is 74.4 Å². The molecule has 12 atom stereocenters. The van der Waals surface area contributed by atoms with E-state index in [2.05, 4.69) is 79.8 Å². The molecule has 2 saturated heterocycles. The maximum atomic E-state index is 13.7. The van der Waals surface area contributed by atoms with Gasteiger partial charge >= 0.3 is 35.9 Å². The largest absolute Gasteiger partial charge is 0.493 e. The Morgan fingerprint density at radius 1 is 0.425 bits per heavy atom. The standard InChI is InChI=1S/C35H49N9O12S.C24H32N6O11.C21H28N6O8S/c36-12-2-1-5-21-32(53)42-23(31(52)38-17-29(49)50)11-13-56-25-9-7-18(14-20(25)30(51)40-22(33(54)41-21)8-10-28(47)48)39-27(46)16-37-26(45)6-3-4-19-15-24-34(57-19)44-35(55)43-24;25-9-2-1-3-15-23(37)29-17(22(36)26-12-20(33)34)8-10-41-18-6-4-13(30(39)40)11-14(18)21(35)27-16(24(38)28-15)5-7-19(31)32;22-8-2-1-3-13-20(32)26-15(18(23)30)10-36-16-6-4-11(27(34)35)9-12(16)19(31)24-14(21(33)25-13)5-7-17(28)29/h7,9,14,19,21-24,34H,1-6,8,10-13,15-17,36H2,(H,37,45)(H,38,52)(H,39,46)(H,40,51)(H,41,54)(H,42,53)(H,47,48)(H,49,50)(H2,43,44,55);4,6,11,15-17H,1-3,5,7-10,12,25H2,(H,26,36)(H,27,35)(H,28,38)(H,29,37)(H,31,32)(H,33,34);4,6,9,13-15H,1-3,5,7-8,10,22H2,(H2,23,30)(H,24,31)(H,25,33)(H,26,32)(H,28,29)/t19?,21-,22-,23?,24+,34-;15-,16-,17?;13-,14-,15?/m000/s1. The Labute approximate surface area is 771 Å². The molecule has 16 amide bonds. The number of nitrogens with one attached hydrogen (secondary N) is 15. The zero-order valence-electron chi connectivity index (χ0n) is 72.2. The lowest BCUT2D eigenvalue weighted by Gasteiger charge is -2.26. The summed E-state index contributed by atoms with van der Waals surface area (Å²) in [5.74, 6) is -17.8. The second-order valence-electron chi connectivity index (χ2n) is 30.7. The quantitative estimate of drug-likeness (QED) is 0.0150. The number of fused-ring (bicyclic) bond motifs is 4. The van der Waals surface area contributed by atoms with Gasteiger partial charge in [-0.05, 0) is 146 Å². The number of nitro groups is 2. The Morgan fingerprint density at radius 3 is 1.25 bits per heavy atom. The van der Waals surface area contributed by atoms with Crippen LogP contribution in [0.15, 0.2) is 59.5 Å². The molecule has 0 bridgehead atoms. The van der Waals surface area contributed by atoms with Crippen LogP contribution in [0.2, 0.25) is 0 Å². The van der Waals surface area contributed by atoms with Gasteiger partial charge in [-0.3, -0.25) is 111 Å². The van der Waals surface area contributed by atoms with Gasteiger partial charge in [-0.2, -0.15) is 0 Å². The minimum absolute atomic E-state index is 0.0242. The highest BCUT2D eigenvalue weighted by molar-refractivity contribution is 8.00.